The van der Waals surface area contributed by atoms with Crippen LogP contribution in [0.3, 0.4) is 0 Å². The minimum Gasteiger partial charge on any atom is -0.368 e. The van der Waals surface area contributed by atoms with Crippen molar-refractivity contribution in [3.63, 3.8) is 0 Å². The average Bonchev–Trinajstić information content (AvgIpc) is 2.32. The lowest BCUT2D eigenvalue weighted by atomic mass is 9.98. The molecule has 0 aliphatic carbocycles. The molecule has 1 fully saturated rings. The second-order valence-corrected chi connectivity index (χ2v) is 6.79. The van der Waals surface area contributed by atoms with Crippen molar-refractivity contribution in [3.8, 4) is 0 Å². The van der Waals surface area contributed by atoms with Crippen molar-refractivity contribution < 1.29 is 4.79 Å². The molecule has 0 saturated carbocycles. The molecule has 0 bridgehead atoms. The van der Waals surface area contributed by atoms with Crippen LogP contribution in [0.5, 0.6) is 0 Å². The Morgan fingerprint density at radius 1 is 1.32 bits per heavy atom. The van der Waals surface area contributed by atoms with Gasteiger partial charge in [0, 0.05) is 40.9 Å². The Balaban J connectivity index is 2.35. The number of ketones is 1. The first-order chi connectivity index (χ1) is 8.81. The maximum Gasteiger partial charge on any atom is 0.161 e. The molecule has 0 amide bonds. The fourth-order valence-electron chi connectivity index (χ4n) is 2.51. The number of anilines is 1. The molecule has 1 aromatic rings. The highest BCUT2D eigenvalue weighted by Gasteiger charge is 2.32. The first-order valence-electron chi connectivity index (χ1n) is 6.58. The molecule has 1 aliphatic rings. The normalized spacial score (nSPS) is 19.5. The highest BCUT2D eigenvalue weighted by molar-refractivity contribution is 9.10. The van der Waals surface area contributed by atoms with E-state index >= 15 is 0 Å². The number of Topliss-reactive ketones (excluding diaryl/α,β-unsaturated/α-hetero) is 1. The van der Waals surface area contributed by atoms with E-state index in [1.807, 2.05) is 18.2 Å². The SMILES string of the molecule is CC(=O)c1cc(Br)ccc1N1CCN(C)C(C)(C)C1. The predicted molar refractivity (Wildman–Crippen MR) is 83.1 cm³/mol. The van der Waals surface area contributed by atoms with Gasteiger partial charge < -0.3 is 4.90 Å². The van der Waals surface area contributed by atoms with E-state index in [1.54, 1.807) is 6.92 Å². The maximum atomic E-state index is 11.8. The predicted octanol–water partition coefficient (Wildman–Crippen LogP) is 3.18. The second kappa shape index (κ2) is 5.25. The number of halogens is 1. The number of hydrogen-bond donors (Lipinski definition) is 0. The van der Waals surface area contributed by atoms with Crippen molar-refractivity contribution in [2.45, 2.75) is 26.3 Å². The van der Waals surface area contributed by atoms with E-state index in [1.165, 1.54) is 0 Å². The molecule has 104 valence electrons. The average molecular weight is 325 g/mol. The minimum absolute atomic E-state index is 0.119. The Bertz CT molecular complexity index is 499. The molecule has 0 aromatic heterocycles. The van der Waals surface area contributed by atoms with Gasteiger partial charge in [-0.05, 0) is 46.0 Å². The molecule has 1 aromatic carbocycles. The molecule has 0 radical (unpaired) electrons. The summed E-state index contributed by atoms with van der Waals surface area (Å²) in [6, 6.07) is 5.97. The number of carbonyl (C=O) groups excluding carboxylic acids is 1. The fourth-order valence-corrected chi connectivity index (χ4v) is 2.87. The smallest absolute Gasteiger partial charge is 0.161 e. The third kappa shape index (κ3) is 3.00. The summed E-state index contributed by atoms with van der Waals surface area (Å²) in [7, 11) is 2.16. The van der Waals surface area contributed by atoms with Gasteiger partial charge in [-0.2, -0.15) is 0 Å². The zero-order valence-corrected chi connectivity index (χ0v) is 13.6. The summed E-state index contributed by atoms with van der Waals surface area (Å²) in [5, 5.41) is 0. The lowest BCUT2D eigenvalue weighted by molar-refractivity contribution is 0.101. The maximum absolute atomic E-state index is 11.8. The molecule has 2 rings (SSSR count). The topological polar surface area (TPSA) is 23.6 Å². The zero-order valence-electron chi connectivity index (χ0n) is 12.0. The Morgan fingerprint density at radius 3 is 2.58 bits per heavy atom. The number of carbonyl (C=O) groups is 1. The molecule has 1 saturated heterocycles. The van der Waals surface area contributed by atoms with Crippen molar-refractivity contribution in [2.75, 3.05) is 31.6 Å². The fraction of sp³-hybridized carbons (Fsp3) is 0.533. The van der Waals surface area contributed by atoms with Crippen LogP contribution < -0.4 is 4.90 Å². The van der Waals surface area contributed by atoms with Gasteiger partial charge >= 0.3 is 0 Å². The van der Waals surface area contributed by atoms with Crippen molar-refractivity contribution >= 4 is 27.4 Å². The van der Waals surface area contributed by atoms with E-state index in [0.29, 0.717) is 0 Å². The van der Waals surface area contributed by atoms with Crippen molar-refractivity contribution in [3.05, 3.63) is 28.2 Å². The summed E-state index contributed by atoms with van der Waals surface area (Å²) in [5.41, 5.74) is 1.98. The van der Waals surface area contributed by atoms with Gasteiger partial charge in [0.25, 0.3) is 0 Å². The molecule has 0 atom stereocenters. The van der Waals surface area contributed by atoms with Gasteiger partial charge in [-0.3, -0.25) is 9.69 Å². The van der Waals surface area contributed by atoms with Crippen LogP contribution in [-0.2, 0) is 0 Å². The summed E-state index contributed by atoms with van der Waals surface area (Å²) < 4.78 is 0.954. The molecular formula is C15H21BrN2O. The summed E-state index contributed by atoms with van der Waals surface area (Å²) in [4.78, 5) is 16.5. The highest BCUT2D eigenvalue weighted by Crippen LogP contribution is 2.29. The van der Waals surface area contributed by atoms with Crippen LogP contribution in [0.4, 0.5) is 5.69 Å². The summed E-state index contributed by atoms with van der Waals surface area (Å²) in [5.74, 6) is 0.119. The number of rotatable bonds is 2. The molecular weight excluding hydrogens is 304 g/mol. The molecule has 19 heavy (non-hydrogen) atoms. The van der Waals surface area contributed by atoms with Gasteiger partial charge in [0.2, 0.25) is 0 Å². The second-order valence-electron chi connectivity index (χ2n) is 5.87. The quantitative estimate of drug-likeness (QED) is 0.780. The van der Waals surface area contributed by atoms with Crippen molar-refractivity contribution in [1.82, 2.24) is 4.90 Å². The van der Waals surface area contributed by atoms with Gasteiger partial charge in [0.15, 0.2) is 5.78 Å². The van der Waals surface area contributed by atoms with Crippen LogP contribution in [0, 0.1) is 0 Å². The van der Waals surface area contributed by atoms with E-state index in [2.05, 4.69) is 46.6 Å². The Morgan fingerprint density at radius 2 is 2.00 bits per heavy atom. The monoisotopic (exact) mass is 324 g/mol. The molecule has 4 heteroatoms. The molecule has 1 heterocycles. The van der Waals surface area contributed by atoms with Crippen LogP contribution in [-0.4, -0.2) is 42.9 Å². The van der Waals surface area contributed by atoms with E-state index in [9.17, 15) is 4.79 Å². The van der Waals surface area contributed by atoms with Crippen molar-refractivity contribution in [1.29, 1.82) is 0 Å². The van der Waals surface area contributed by atoms with E-state index in [4.69, 9.17) is 0 Å². The Labute approximate surface area is 123 Å². The number of hydrogen-bond acceptors (Lipinski definition) is 3. The van der Waals surface area contributed by atoms with Crippen LogP contribution in [0.15, 0.2) is 22.7 Å². The van der Waals surface area contributed by atoms with Crippen LogP contribution in [0.2, 0.25) is 0 Å². The molecule has 0 unspecified atom stereocenters. The summed E-state index contributed by atoms with van der Waals surface area (Å²) in [6.45, 7) is 9.02. The zero-order chi connectivity index (χ0) is 14.2. The molecule has 3 nitrogen and oxygen atoms in total. The van der Waals surface area contributed by atoms with Gasteiger partial charge in [-0.1, -0.05) is 15.9 Å². The molecule has 0 spiro atoms. The molecule has 0 N–H and O–H groups in total. The summed E-state index contributed by atoms with van der Waals surface area (Å²) in [6.07, 6.45) is 0. The van der Waals surface area contributed by atoms with E-state index in [-0.39, 0.29) is 11.3 Å². The van der Waals surface area contributed by atoms with Crippen LogP contribution >= 0.6 is 15.9 Å². The number of nitrogens with zero attached hydrogens (tertiary/aromatic N) is 2. The minimum atomic E-state index is 0.119. The lowest BCUT2D eigenvalue weighted by Gasteiger charge is -2.46. The first-order valence-corrected chi connectivity index (χ1v) is 7.37. The van der Waals surface area contributed by atoms with E-state index < -0.39 is 0 Å². The van der Waals surface area contributed by atoms with Gasteiger partial charge in [0.1, 0.15) is 0 Å². The van der Waals surface area contributed by atoms with Crippen LogP contribution in [0.25, 0.3) is 0 Å². The number of likely N-dealkylation sites (N-methyl/N-ethyl adjacent to an activating group) is 1. The largest absolute Gasteiger partial charge is 0.368 e. The Kier molecular flexibility index (Phi) is 4.02. The summed E-state index contributed by atoms with van der Waals surface area (Å²) >= 11 is 3.44. The molecule has 1 aliphatic heterocycles. The standard InChI is InChI=1S/C15H21BrN2O/c1-11(19)13-9-12(16)5-6-14(13)18-8-7-17(4)15(2,3)10-18/h5-6,9H,7-8,10H2,1-4H3. The number of benzene rings is 1. The van der Waals surface area contributed by atoms with Crippen molar-refractivity contribution in [2.24, 2.45) is 0 Å². The first kappa shape index (κ1) is 14.5. The highest BCUT2D eigenvalue weighted by atomic mass is 79.9. The van der Waals surface area contributed by atoms with Gasteiger partial charge in [-0.15, -0.1) is 0 Å². The number of piperazine rings is 1. The lowest BCUT2D eigenvalue weighted by Crippen LogP contribution is -2.57. The van der Waals surface area contributed by atoms with E-state index in [0.717, 1.165) is 35.4 Å². The van der Waals surface area contributed by atoms with Gasteiger partial charge in [0.05, 0.1) is 0 Å². The Hall–Kier alpha value is -0.870. The third-order valence-corrected chi connectivity index (χ3v) is 4.49. The third-order valence-electron chi connectivity index (χ3n) is 4.00. The van der Waals surface area contributed by atoms with Gasteiger partial charge in [-0.25, -0.2) is 0 Å². The van der Waals surface area contributed by atoms with Crippen LogP contribution in [0.1, 0.15) is 31.1 Å².